The monoisotopic (exact) mass is 920 g/mol. The number of benzene rings is 7. The first-order valence-electron chi connectivity index (χ1n) is 22.5. The Balaban J connectivity index is 1.42. The highest BCUT2D eigenvalue weighted by molar-refractivity contribution is 6.75. The maximum absolute atomic E-state index is 7.26. The van der Waals surface area contributed by atoms with Gasteiger partial charge in [0.15, 0.2) is 11.6 Å². The van der Waals surface area contributed by atoms with E-state index in [0.717, 1.165) is 0 Å². The summed E-state index contributed by atoms with van der Waals surface area (Å²) in [6, 6.07) is 0. The van der Waals surface area contributed by atoms with Crippen LogP contribution in [0.15, 0.2) is 4.42 Å². The quantitative estimate of drug-likeness (QED) is 0.161. The second-order valence-corrected chi connectivity index (χ2v) is 18.4. The molecule has 10 rings (SSSR count). The predicted octanol–water partition coefficient (Wildman–Crippen LogP) is -22.2. The highest BCUT2D eigenvalue weighted by atomic mass is 16.3. The molecule has 0 amide bonds. The van der Waals surface area contributed by atoms with Crippen molar-refractivity contribution in [1.82, 2.24) is 19.5 Å². The number of furan rings is 1. The Morgan fingerprint density at radius 3 is 0.936 bits per heavy atom. The van der Waals surface area contributed by atoms with E-state index in [1.807, 2.05) is 0 Å². The van der Waals surface area contributed by atoms with Gasteiger partial charge in [0.1, 0.15) is 231 Å². The van der Waals surface area contributed by atoms with Gasteiger partial charge in [-0.1, -0.05) is 81.9 Å². The van der Waals surface area contributed by atoms with Crippen LogP contribution < -0.4 is 153 Å². The first kappa shape index (κ1) is 56.3. The zero-order chi connectivity index (χ0) is 57.4. The van der Waals surface area contributed by atoms with Crippen LogP contribution in [0.2, 0.25) is 0 Å². The second-order valence-electron chi connectivity index (χ2n) is 18.4. The van der Waals surface area contributed by atoms with Gasteiger partial charge >= 0.3 is 0 Å². The first-order chi connectivity index (χ1) is 36.4. The van der Waals surface area contributed by atoms with Gasteiger partial charge < -0.3 is 4.42 Å². The molecule has 56 radical (unpaired) electrons. The lowest BCUT2D eigenvalue weighted by atomic mass is 9.57. The molecule has 0 aliphatic carbocycles. The summed E-state index contributed by atoms with van der Waals surface area (Å²) in [6.07, 6.45) is 0. The maximum Gasteiger partial charge on any atom is 0.238 e. The van der Waals surface area contributed by atoms with Crippen LogP contribution in [0.5, 0.6) is 0 Å². The SMILES string of the molecule is [B]c1c([B])c([B])c(-c2nc(-c3c([B])c([B])c4c(oc5c([B])c([B])c([B])c(-c6c([B])c([B])c([B])c([B])c6[B])c54)c3[B])nc(-n3c4c([B])c([B])c([B])c([B])c4c4c([B])c([B])c(-c5c([B])c([B])c([B])c([B])c5[B])c([B])c43)n2)c([B])c1[B]. The molecule has 10 aromatic rings. The summed E-state index contributed by atoms with van der Waals surface area (Å²) in [5.74, 6) is -1.15. The van der Waals surface area contributed by atoms with E-state index in [9.17, 15) is 0 Å². The highest BCUT2D eigenvalue weighted by Gasteiger charge is 2.31. The van der Waals surface area contributed by atoms with Crippen molar-refractivity contribution in [3.63, 3.8) is 0 Å². The summed E-state index contributed by atoms with van der Waals surface area (Å²) in [5, 5.41) is 0.207. The standard InChI is InChI=1S/C45B28N4O/c46-11-1(3-13(48)25(60)33(68)26(61)14(3)49)2-8-19(54)20(55)10(24(59)42(8)78-41(2)38(73)32(11)67)44-74-43(9-21(56)30(65)35(70)31(66)22(9)57)75-45(76-44)77-39-6(7-18(53)29(64)36(71)37(72)40(7)77)17(52)12(47)5(23(39)58)4-15(50)27(62)34(69)28(63)16(4)51. The van der Waals surface area contributed by atoms with Gasteiger partial charge in [0.05, 0.1) is 0 Å². The van der Waals surface area contributed by atoms with Crippen molar-refractivity contribution in [3.8, 4) is 51.0 Å². The third-order valence-corrected chi connectivity index (χ3v) is 14.4. The maximum atomic E-state index is 7.26. The molecular formula is C45B28N4O. The van der Waals surface area contributed by atoms with Gasteiger partial charge in [-0.3, -0.25) is 4.57 Å². The van der Waals surface area contributed by atoms with Crippen LogP contribution in [0.3, 0.4) is 0 Å². The fourth-order valence-corrected chi connectivity index (χ4v) is 10.0. The minimum Gasteiger partial charge on any atom is -0.457 e. The highest BCUT2D eigenvalue weighted by Crippen LogP contribution is 2.34. The lowest BCUT2D eigenvalue weighted by Crippen LogP contribution is -2.56. The summed E-state index contributed by atoms with van der Waals surface area (Å²) in [6.45, 7) is 0. The molecule has 0 aliphatic heterocycles. The predicted molar refractivity (Wildman–Crippen MR) is 354 cm³/mol. The normalized spacial score (nSPS) is 11.7. The number of nitrogens with zero attached hydrogens (tertiary/aromatic N) is 4. The largest absolute Gasteiger partial charge is 0.457 e. The van der Waals surface area contributed by atoms with E-state index in [1.54, 1.807) is 0 Å². The third kappa shape index (κ3) is 7.52. The Morgan fingerprint density at radius 1 is 0.205 bits per heavy atom. The van der Waals surface area contributed by atoms with Gasteiger partial charge in [-0.2, -0.15) is 9.97 Å². The Kier molecular flexibility index (Phi) is 13.9. The molecule has 0 N–H and O–H groups in total. The molecule has 0 spiro atoms. The van der Waals surface area contributed by atoms with Crippen molar-refractivity contribution >= 4 is 416 Å². The van der Waals surface area contributed by atoms with Gasteiger partial charge in [0, 0.05) is 32.9 Å². The van der Waals surface area contributed by atoms with E-state index in [0.29, 0.717) is 0 Å². The molecule has 78 heavy (non-hydrogen) atoms. The Morgan fingerprint density at radius 2 is 0.474 bits per heavy atom. The molecule has 7 aromatic carbocycles. The molecule has 5 nitrogen and oxygen atoms in total. The molecule has 3 aromatic heterocycles. The van der Waals surface area contributed by atoms with Crippen LogP contribution in [-0.4, -0.2) is 239 Å². The van der Waals surface area contributed by atoms with Crippen LogP contribution in [0.25, 0.3) is 94.7 Å². The van der Waals surface area contributed by atoms with Gasteiger partial charge in [-0.05, 0) is 38.5 Å². The van der Waals surface area contributed by atoms with Crippen LogP contribution in [0.1, 0.15) is 0 Å². The summed E-state index contributed by atoms with van der Waals surface area (Å²) >= 11 is 0. The minimum atomic E-state index is -0.407. The van der Waals surface area contributed by atoms with Crippen LogP contribution in [0, 0.1) is 0 Å². The Hall–Kier alpha value is -5.03. The van der Waals surface area contributed by atoms with E-state index in [2.05, 4.69) is 0 Å². The van der Waals surface area contributed by atoms with Crippen molar-refractivity contribution in [3.05, 3.63) is 0 Å². The van der Waals surface area contributed by atoms with E-state index in [1.165, 1.54) is 4.57 Å². The van der Waals surface area contributed by atoms with Crippen molar-refractivity contribution in [2.24, 2.45) is 0 Å². The first-order valence-corrected chi connectivity index (χ1v) is 22.5. The van der Waals surface area contributed by atoms with Gasteiger partial charge in [0.2, 0.25) is 5.95 Å². The number of rotatable bonds is 5. The average Bonchev–Trinajstić information content (AvgIpc) is 4.22. The minimum absolute atomic E-state index is 0.00713. The molecular weight excluding hydrogens is 915 g/mol. The molecule has 33 heteroatoms. The molecule has 0 saturated carbocycles. The average molecular weight is 915 g/mol. The molecule has 3 heterocycles. The van der Waals surface area contributed by atoms with Gasteiger partial charge in [-0.15, -0.1) is 65.6 Å². The third-order valence-electron chi connectivity index (χ3n) is 14.4. The summed E-state index contributed by atoms with van der Waals surface area (Å²) in [7, 11) is 186. The number of hydrogen-bond donors (Lipinski definition) is 0. The number of fused-ring (bicyclic) bond motifs is 6. The molecule has 0 saturated heterocycles. The molecule has 0 bridgehead atoms. The molecule has 290 valence electrons. The summed E-state index contributed by atoms with van der Waals surface area (Å²) in [4.78, 5) is 14.6. The number of hydrogen-bond acceptors (Lipinski definition) is 4. The fraction of sp³-hybridized carbons (Fsp3) is 0. The fourth-order valence-electron chi connectivity index (χ4n) is 10.0. The van der Waals surface area contributed by atoms with E-state index >= 15 is 0 Å². The van der Waals surface area contributed by atoms with Crippen molar-refractivity contribution in [2.75, 3.05) is 0 Å². The van der Waals surface area contributed by atoms with Crippen LogP contribution >= 0.6 is 0 Å². The van der Waals surface area contributed by atoms with Crippen LogP contribution in [0.4, 0.5) is 0 Å². The topological polar surface area (TPSA) is 56.7 Å². The van der Waals surface area contributed by atoms with Crippen molar-refractivity contribution < 1.29 is 4.42 Å². The summed E-state index contributed by atoms with van der Waals surface area (Å²) in [5.41, 5.74) is -5.70. The van der Waals surface area contributed by atoms with Gasteiger partial charge in [0.25, 0.3) is 0 Å². The van der Waals surface area contributed by atoms with E-state index in [-0.39, 0.29) is 242 Å². The molecule has 0 aliphatic rings. The molecule has 0 atom stereocenters. The molecule has 0 fully saturated rings. The Labute approximate surface area is 488 Å². The lowest BCUT2D eigenvalue weighted by Gasteiger charge is -2.26. The van der Waals surface area contributed by atoms with E-state index in [4.69, 9.17) is 239 Å². The Bertz CT molecular complexity index is 4410. The summed E-state index contributed by atoms with van der Waals surface area (Å²) < 4.78 is 7.78. The van der Waals surface area contributed by atoms with Gasteiger partial charge in [-0.25, -0.2) is 4.98 Å². The smallest absolute Gasteiger partial charge is 0.238 e. The second kappa shape index (κ2) is 19.3. The zero-order valence-corrected chi connectivity index (χ0v) is 40.9. The number of aromatic nitrogens is 4. The lowest BCUT2D eigenvalue weighted by molar-refractivity contribution is 0.674. The van der Waals surface area contributed by atoms with E-state index < -0.39 is 5.95 Å². The van der Waals surface area contributed by atoms with Crippen molar-refractivity contribution in [2.45, 2.75) is 0 Å². The van der Waals surface area contributed by atoms with Crippen LogP contribution in [-0.2, 0) is 0 Å². The van der Waals surface area contributed by atoms with Crippen molar-refractivity contribution in [1.29, 1.82) is 0 Å². The zero-order valence-electron chi connectivity index (χ0n) is 40.9. The molecule has 0 unspecified atom stereocenters.